The molecule has 3 aromatic carbocycles. The van der Waals surface area contributed by atoms with Crippen molar-refractivity contribution in [3.63, 3.8) is 0 Å². The van der Waals surface area contributed by atoms with E-state index in [0.717, 1.165) is 12.8 Å². The molecule has 38 heavy (non-hydrogen) atoms. The van der Waals surface area contributed by atoms with Gasteiger partial charge in [0.25, 0.3) is 5.91 Å². The van der Waals surface area contributed by atoms with Crippen LogP contribution in [-0.4, -0.2) is 44.3 Å². The molecule has 10 nitrogen and oxygen atoms in total. The summed E-state index contributed by atoms with van der Waals surface area (Å²) in [7, 11) is 1.57. The fraction of sp³-hybridized carbons (Fsp3) is 0.214. The highest BCUT2D eigenvalue weighted by Crippen LogP contribution is 2.17. The molecule has 0 unspecified atom stereocenters. The van der Waals surface area contributed by atoms with Gasteiger partial charge < -0.3 is 24.8 Å². The van der Waals surface area contributed by atoms with Crippen LogP contribution >= 0.6 is 0 Å². The minimum atomic E-state index is -0.924. The van der Waals surface area contributed by atoms with E-state index in [-0.39, 0.29) is 12.5 Å². The van der Waals surface area contributed by atoms with Gasteiger partial charge in [-0.1, -0.05) is 25.5 Å². The number of nitrogens with zero attached hydrogens (tertiary/aromatic N) is 1. The van der Waals surface area contributed by atoms with Crippen molar-refractivity contribution in [3.8, 4) is 17.2 Å². The third-order valence-corrected chi connectivity index (χ3v) is 5.07. The Labute approximate surface area is 221 Å². The monoisotopic (exact) mass is 518 g/mol. The molecule has 0 atom stereocenters. The lowest BCUT2D eigenvalue weighted by atomic mass is 10.2. The van der Waals surface area contributed by atoms with Crippen LogP contribution in [0.15, 0.2) is 77.9 Å². The van der Waals surface area contributed by atoms with Crippen LogP contribution in [0.4, 0.5) is 11.4 Å². The Bertz CT molecular complexity index is 1240. The minimum Gasteiger partial charge on any atom is -0.497 e. The number of amides is 3. The molecule has 0 aliphatic carbocycles. The Morgan fingerprint density at radius 1 is 0.816 bits per heavy atom. The molecule has 0 saturated heterocycles. The van der Waals surface area contributed by atoms with Crippen LogP contribution < -0.4 is 30.3 Å². The second kappa shape index (κ2) is 14.6. The smallest absolute Gasteiger partial charge is 0.329 e. The SMILES string of the molecule is CCCCOc1ccc(NC(=O)C(=O)N/N=C\c2cccc(OCC(=O)Nc3ccc(OC)cc3)c2)cc1. The zero-order valence-corrected chi connectivity index (χ0v) is 21.2. The number of anilines is 2. The van der Waals surface area contributed by atoms with Crippen molar-refractivity contribution in [2.75, 3.05) is 31.0 Å². The van der Waals surface area contributed by atoms with Crippen molar-refractivity contribution >= 4 is 35.3 Å². The molecule has 0 saturated carbocycles. The molecule has 0 bridgehead atoms. The topological polar surface area (TPSA) is 127 Å². The van der Waals surface area contributed by atoms with Crippen LogP contribution in [0.2, 0.25) is 0 Å². The summed E-state index contributed by atoms with van der Waals surface area (Å²) in [6.07, 6.45) is 3.35. The summed E-state index contributed by atoms with van der Waals surface area (Å²) in [5.74, 6) is -0.299. The lowest BCUT2D eigenvalue weighted by Gasteiger charge is -2.08. The highest BCUT2D eigenvalue weighted by molar-refractivity contribution is 6.39. The number of hydrogen-bond acceptors (Lipinski definition) is 7. The van der Waals surface area contributed by atoms with Crippen LogP contribution in [0.1, 0.15) is 25.3 Å². The first-order chi connectivity index (χ1) is 18.5. The molecule has 0 radical (unpaired) electrons. The Morgan fingerprint density at radius 3 is 2.18 bits per heavy atom. The van der Waals surface area contributed by atoms with Gasteiger partial charge in [0.15, 0.2) is 6.61 Å². The average molecular weight is 519 g/mol. The van der Waals surface area contributed by atoms with E-state index < -0.39 is 11.8 Å². The van der Waals surface area contributed by atoms with E-state index in [0.29, 0.717) is 40.8 Å². The summed E-state index contributed by atoms with van der Waals surface area (Å²) in [5.41, 5.74) is 3.85. The van der Waals surface area contributed by atoms with E-state index in [1.54, 1.807) is 79.9 Å². The first-order valence-electron chi connectivity index (χ1n) is 12.0. The fourth-order valence-corrected chi connectivity index (χ4v) is 3.08. The normalized spacial score (nSPS) is 10.5. The Hall–Kier alpha value is -4.86. The van der Waals surface area contributed by atoms with Crippen LogP contribution in [0, 0.1) is 0 Å². The van der Waals surface area contributed by atoms with Crippen LogP contribution in [0.3, 0.4) is 0 Å². The molecule has 0 heterocycles. The molecule has 3 aromatic rings. The lowest BCUT2D eigenvalue weighted by molar-refractivity contribution is -0.136. The molecular formula is C28H30N4O6. The molecule has 10 heteroatoms. The van der Waals surface area contributed by atoms with Gasteiger partial charge in [0.1, 0.15) is 17.2 Å². The summed E-state index contributed by atoms with van der Waals surface area (Å²) < 4.78 is 16.2. The average Bonchev–Trinajstić information content (AvgIpc) is 2.93. The third-order valence-electron chi connectivity index (χ3n) is 5.07. The number of rotatable bonds is 12. The minimum absolute atomic E-state index is 0.199. The van der Waals surface area contributed by atoms with Crippen molar-refractivity contribution in [1.82, 2.24) is 5.43 Å². The van der Waals surface area contributed by atoms with Crippen LogP contribution in [-0.2, 0) is 14.4 Å². The van der Waals surface area contributed by atoms with Crippen molar-refractivity contribution in [2.45, 2.75) is 19.8 Å². The second-order valence-corrected chi connectivity index (χ2v) is 8.02. The zero-order valence-electron chi connectivity index (χ0n) is 21.2. The predicted octanol–water partition coefficient (Wildman–Crippen LogP) is 3.98. The van der Waals surface area contributed by atoms with Crippen LogP contribution in [0.5, 0.6) is 17.2 Å². The lowest BCUT2D eigenvalue weighted by Crippen LogP contribution is -2.32. The van der Waals surface area contributed by atoms with Gasteiger partial charge in [-0.25, -0.2) is 5.43 Å². The van der Waals surface area contributed by atoms with Crippen molar-refractivity contribution in [2.24, 2.45) is 5.10 Å². The standard InChI is InChI=1S/C28H30N4O6/c1-3-4-16-37-24-14-10-22(11-15-24)31-27(34)28(35)32-29-18-20-6-5-7-25(17-20)38-19-26(33)30-21-8-12-23(36-2)13-9-21/h5-15,17-18H,3-4,16,19H2,1-2H3,(H,30,33)(H,31,34)(H,32,35)/b29-18-. The summed E-state index contributed by atoms with van der Waals surface area (Å²) in [6.45, 7) is 2.50. The van der Waals surface area contributed by atoms with Gasteiger partial charge in [-0.15, -0.1) is 0 Å². The summed E-state index contributed by atoms with van der Waals surface area (Å²) in [4.78, 5) is 36.3. The maximum atomic E-state index is 12.2. The van der Waals surface area contributed by atoms with Crippen molar-refractivity contribution in [1.29, 1.82) is 0 Å². The van der Waals surface area contributed by atoms with Gasteiger partial charge in [-0.3, -0.25) is 14.4 Å². The third kappa shape index (κ3) is 9.30. The van der Waals surface area contributed by atoms with Crippen LogP contribution in [0.25, 0.3) is 0 Å². The van der Waals surface area contributed by atoms with E-state index in [2.05, 4.69) is 28.1 Å². The number of nitrogens with one attached hydrogen (secondary N) is 3. The number of carbonyl (C=O) groups excluding carboxylic acids is 3. The highest BCUT2D eigenvalue weighted by Gasteiger charge is 2.13. The molecule has 0 aliphatic heterocycles. The second-order valence-electron chi connectivity index (χ2n) is 8.02. The summed E-state index contributed by atoms with van der Waals surface area (Å²) in [6, 6.07) is 20.4. The predicted molar refractivity (Wildman–Crippen MR) is 145 cm³/mol. The highest BCUT2D eigenvalue weighted by atomic mass is 16.5. The molecule has 0 fully saturated rings. The molecule has 3 amide bonds. The first-order valence-corrected chi connectivity index (χ1v) is 12.0. The maximum Gasteiger partial charge on any atom is 0.329 e. The Morgan fingerprint density at radius 2 is 1.50 bits per heavy atom. The number of hydrogen-bond donors (Lipinski definition) is 3. The Balaban J connectivity index is 1.43. The van der Waals surface area contributed by atoms with Gasteiger partial charge in [0.2, 0.25) is 0 Å². The number of benzene rings is 3. The molecular weight excluding hydrogens is 488 g/mol. The van der Waals surface area contributed by atoms with E-state index in [4.69, 9.17) is 14.2 Å². The van der Waals surface area contributed by atoms with E-state index >= 15 is 0 Å². The largest absolute Gasteiger partial charge is 0.497 e. The first kappa shape index (κ1) is 27.7. The number of carbonyl (C=O) groups is 3. The van der Waals surface area contributed by atoms with Gasteiger partial charge in [0.05, 0.1) is 19.9 Å². The summed E-state index contributed by atoms with van der Waals surface area (Å²) in [5, 5.41) is 9.04. The molecule has 198 valence electrons. The quantitative estimate of drug-likeness (QED) is 0.144. The van der Waals surface area contributed by atoms with Gasteiger partial charge in [-0.2, -0.15) is 5.10 Å². The molecule has 0 aliphatic rings. The molecule has 3 N–H and O–H groups in total. The number of methoxy groups -OCH3 is 1. The van der Waals surface area contributed by atoms with E-state index in [1.165, 1.54) is 6.21 Å². The van der Waals surface area contributed by atoms with Crippen molar-refractivity contribution in [3.05, 3.63) is 78.4 Å². The van der Waals surface area contributed by atoms with Gasteiger partial charge in [0, 0.05) is 11.4 Å². The van der Waals surface area contributed by atoms with E-state index in [9.17, 15) is 14.4 Å². The number of ether oxygens (including phenoxy) is 3. The van der Waals surface area contributed by atoms with Crippen molar-refractivity contribution < 1.29 is 28.6 Å². The number of unbranched alkanes of at least 4 members (excludes halogenated alkanes) is 1. The van der Waals surface area contributed by atoms with Gasteiger partial charge in [-0.05, 0) is 72.6 Å². The fourth-order valence-electron chi connectivity index (χ4n) is 3.08. The molecule has 3 rings (SSSR count). The summed E-state index contributed by atoms with van der Waals surface area (Å²) >= 11 is 0. The van der Waals surface area contributed by atoms with E-state index in [1.807, 2.05) is 0 Å². The Kier molecular flexibility index (Phi) is 10.7. The van der Waals surface area contributed by atoms with Gasteiger partial charge >= 0.3 is 11.8 Å². The molecule has 0 aromatic heterocycles. The zero-order chi connectivity index (χ0) is 27.2. The maximum absolute atomic E-state index is 12.2. The number of hydrazone groups is 1. The molecule has 0 spiro atoms.